The van der Waals surface area contributed by atoms with Gasteiger partial charge in [-0.15, -0.1) is 0 Å². The van der Waals surface area contributed by atoms with E-state index in [0.717, 1.165) is 11.1 Å². The second-order valence-electron chi connectivity index (χ2n) is 4.61. The fourth-order valence-electron chi connectivity index (χ4n) is 1.92. The fourth-order valence-corrected chi connectivity index (χ4v) is 2.19. The number of aryl methyl sites for hydroxylation is 2. The molecule has 4 nitrogen and oxygen atoms in total. The third kappa shape index (κ3) is 2.86. The maximum atomic E-state index is 11.5. The molecule has 0 heterocycles. The van der Waals surface area contributed by atoms with Crippen LogP contribution < -0.4 is 16.2 Å². The molecule has 1 amide bonds. The minimum atomic E-state index is -0.640. The Kier molecular flexibility index (Phi) is 3.86. The number of anilines is 1. The van der Waals surface area contributed by atoms with E-state index in [9.17, 15) is 4.79 Å². The molecule has 2 rings (SSSR count). The predicted molar refractivity (Wildman–Crippen MR) is 80.4 cm³/mol. The normalized spacial score (nSPS) is 10.3. The smallest absolute Gasteiger partial charge is 0.252 e. The van der Waals surface area contributed by atoms with Crippen molar-refractivity contribution in [3.8, 4) is 11.5 Å². The molecule has 0 aliphatic rings. The summed E-state index contributed by atoms with van der Waals surface area (Å²) in [5.41, 5.74) is 13.6. The van der Waals surface area contributed by atoms with Crippen LogP contribution in [0.25, 0.3) is 0 Å². The number of halogens is 1. The summed E-state index contributed by atoms with van der Waals surface area (Å²) in [6, 6.07) is 8.68. The number of hydrogen-bond donors (Lipinski definition) is 2. The Labute approximate surface area is 122 Å². The van der Waals surface area contributed by atoms with Crippen LogP contribution in [0.15, 0.2) is 30.3 Å². The molecule has 0 atom stereocenters. The highest BCUT2D eigenvalue weighted by atomic mass is 35.5. The first-order chi connectivity index (χ1) is 9.38. The molecule has 20 heavy (non-hydrogen) atoms. The molecule has 0 radical (unpaired) electrons. The highest BCUT2D eigenvalue weighted by Gasteiger charge is 2.16. The SMILES string of the molecule is Cc1ccc(Oc2c(Cl)cc(N)cc2C(N)=O)c(C)c1. The Morgan fingerprint density at radius 2 is 1.90 bits per heavy atom. The lowest BCUT2D eigenvalue weighted by Gasteiger charge is -2.14. The number of rotatable bonds is 3. The molecule has 0 saturated heterocycles. The summed E-state index contributed by atoms with van der Waals surface area (Å²) in [6.07, 6.45) is 0. The second-order valence-corrected chi connectivity index (χ2v) is 5.02. The van der Waals surface area contributed by atoms with Gasteiger partial charge in [-0.3, -0.25) is 4.79 Å². The maximum absolute atomic E-state index is 11.5. The molecule has 0 aliphatic carbocycles. The van der Waals surface area contributed by atoms with Crippen LogP contribution in [-0.2, 0) is 0 Å². The van der Waals surface area contributed by atoms with Gasteiger partial charge in [0.2, 0.25) is 0 Å². The molecule has 2 aromatic rings. The van der Waals surface area contributed by atoms with Crippen molar-refractivity contribution < 1.29 is 9.53 Å². The van der Waals surface area contributed by atoms with Gasteiger partial charge >= 0.3 is 0 Å². The van der Waals surface area contributed by atoms with E-state index in [0.29, 0.717) is 11.4 Å². The fraction of sp³-hybridized carbons (Fsp3) is 0.133. The van der Waals surface area contributed by atoms with Crippen LogP contribution in [0.3, 0.4) is 0 Å². The highest BCUT2D eigenvalue weighted by Crippen LogP contribution is 2.36. The molecule has 0 fully saturated rings. The van der Waals surface area contributed by atoms with Gasteiger partial charge in [-0.25, -0.2) is 0 Å². The van der Waals surface area contributed by atoms with Crippen LogP contribution in [0.5, 0.6) is 11.5 Å². The van der Waals surface area contributed by atoms with Crippen molar-refractivity contribution >= 4 is 23.2 Å². The van der Waals surface area contributed by atoms with Crippen molar-refractivity contribution in [2.45, 2.75) is 13.8 Å². The first kappa shape index (κ1) is 14.2. The molecule has 4 N–H and O–H groups in total. The molecule has 0 bridgehead atoms. The quantitative estimate of drug-likeness (QED) is 0.850. The lowest BCUT2D eigenvalue weighted by molar-refractivity contribution is 0.0998. The average molecular weight is 291 g/mol. The maximum Gasteiger partial charge on any atom is 0.252 e. The van der Waals surface area contributed by atoms with Crippen molar-refractivity contribution in [2.24, 2.45) is 5.73 Å². The van der Waals surface area contributed by atoms with Gasteiger partial charge in [-0.2, -0.15) is 0 Å². The van der Waals surface area contributed by atoms with E-state index >= 15 is 0 Å². The Balaban J connectivity index is 2.50. The topological polar surface area (TPSA) is 78.3 Å². The second kappa shape index (κ2) is 5.43. The summed E-state index contributed by atoms with van der Waals surface area (Å²) in [4.78, 5) is 11.5. The number of benzene rings is 2. The number of nitrogen functional groups attached to an aromatic ring is 1. The number of carbonyl (C=O) groups is 1. The number of amides is 1. The van der Waals surface area contributed by atoms with Gasteiger partial charge in [0, 0.05) is 5.69 Å². The summed E-state index contributed by atoms with van der Waals surface area (Å²) >= 11 is 6.10. The zero-order chi connectivity index (χ0) is 14.9. The molecule has 0 aliphatic heterocycles. The molecular weight excluding hydrogens is 276 g/mol. The molecule has 104 valence electrons. The van der Waals surface area contributed by atoms with Crippen molar-refractivity contribution in [3.05, 3.63) is 52.0 Å². The zero-order valence-corrected chi connectivity index (χ0v) is 12.0. The van der Waals surface area contributed by atoms with Crippen LogP contribution in [-0.4, -0.2) is 5.91 Å². The summed E-state index contributed by atoms with van der Waals surface area (Å²) < 4.78 is 5.75. The highest BCUT2D eigenvalue weighted by molar-refractivity contribution is 6.33. The first-order valence-corrected chi connectivity index (χ1v) is 6.40. The van der Waals surface area contributed by atoms with Gasteiger partial charge in [-0.1, -0.05) is 29.3 Å². The standard InChI is InChI=1S/C15H15ClN2O2/c1-8-3-4-13(9(2)5-8)20-14-11(15(18)19)6-10(17)7-12(14)16/h3-7H,17H2,1-2H3,(H2,18,19). The van der Waals surface area contributed by atoms with Gasteiger partial charge in [0.1, 0.15) is 5.75 Å². The monoisotopic (exact) mass is 290 g/mol. The van der Waals surface area contributed by atoms with Gasteiger partial charge in [0.25, 0.3) is 5.91 Å². The molecule has 2 aromatic carbocycles. The van der Waals surface area contributed by atoms with Crippen molar-refractivity contribution in [1.29, 1.82) is 0 Å². The van der Waals surface area contributed by atoms with Crippen molar-refractivity contribution in [3.63, 3.8) is 0 Å². The Morgan fingerprint density at radius 3 is 2.50 bits per heavy atom. The van der Waals surface area contributed by atoms with E-state index in [1.54, 1.807) is 0 Å². The number of hydrogen-bond acceptors (Lipinski definition) is 3. The van der Waals surface area contributed by atoms with Crippen molar-refractivity contribution in [1.82, 2.24) is 0 Å². The molecule has 0 aromatic heterocycles. The summed E-state index contributed by atoms with van der Waals surface area (Å²) in [6.45, 7) is 3.90. The van der Waals surface area contributed by atoms with Gasteiger partial charge in [-0.05, 0) is 37.6 Å². The largest absolute Gasteiger partial charge is 0.455 e. The predicted octanol–water partition coefficient (Wildman–Crippen LogP) is 3.43. The summed E-state index contributed by atoms with van der Waals surface area (Å²) in [5, 5.41) is 0.249. The van der Waals surface area contributed by atoms with Gasteiger partial charge < -0.3 is 16.2 Å². The molecule has 0 unspecified atom stereocenters. The number of nitrogens with two attached hydrogens (primary N) is 2. The molecular formula is C15H15ClN2O2. The molecule has 0 spiro atoms. The van der Waals surface area contributed by atoms with E-state index in [-0.39, 0.29) is 16.3 Å². The lowest BCUT2D eigenvalue weighted by Crippen LogP contribution is -2.13. The minimum Gasteiger partial charge on any atom is -0.455 e. The van der Waals surface area contributed by atoms with E-state index in [1.165, 1.54) is 12.1 Å². The Bertz CT molecular complexity index is 684. The van der Waals surface area contributed by atoms with Crippen molar-refractivity contribution in [2.75, 3.05) is 5.73 Å². The number of primary amides is 1. The van der Waals surface area contributed by atoms with E-state index in [2.05, 4.69) is 0 Å². The Hall–Kier alpha value is -2.20. The Morgan fingerprint density at radius 1 is 1.20 bits per heavy atom. The van der Waals surface area contributed by atoms with Crippen LogP contribution in [0.4, 0.5) is 5.69 Å². The van der Waals surface area contributed by atoms with Crippen LogP contribution >= 0.6 is 11.6 Å². The third-order valence-electron chi connectivity index (χ3n) is 2.87. The van der Waals surface area contributed by atoms with Crippen LogP contribution in [0.1, 0.15) is 21.5 Å². The first-order valence-electron chi connectivity index (χ1n) is 6.02. The van der Waals surface area contributed by atoms with E-state index in [4.69, 9.17) is 27.8 Å². The third-order valence-corrected chi connectivity index (χ3v) is 3.15. The van der Waals surface area contributed by atoms with Gasteiger partial charge in [0.05, 0.1) is 10.6 Å². The number of carbonyl (C=O) groups excluding carboxylic acids is 1. The van der Waals surface area contributed by atoms with Crippen LogP contribution in [0, 0.1) is 13.8 Å². The number of ether oxygens (including phenoxy) is 1. The zero-order valence-electron chi connectivity index (χ0n) is 11.2. The summed E-state index contributed by atoms with van der Waals surface area (Å²) in [7, 11) is 0. The molecule has 5 heteroatoms. The minimum absolute atomic E-state index is 0.162. The average Bonchev–Trinajstić information content (AvgIpc) is 2.34. The lowest BCUT2D eigenvalue weighted by atomic mass is 10.1. The van der Waals surface area contributed by atoms with Gasteiger partial charge in [0.15, 0.2) is 5.75 Å². The van der Waals surface area contributed by atoms with E-state index in [1.807, 2.05) is 32.0 Å². The molecule has 0 saturated carbocycles. The summed E-state index contributed by atoms with van der Waals surface area (Å²) in [5.74, 6) is 0.198. The van der Waals surface area contributed by atoms with E-state index < -0.39 is 5.91 Å². The van der Waals surface area contributed by atoms with Crippen LogP contribution in [0.2, 0.25) is 5.02 Å².